The second-order valence-corrected chi connectivity index (χ2v) is 8.70. The number of rotatable bonds is 3. The molecule has 0 unspecified atom stereocenters. The van der Waals surface area contributed by atoms with Gasteiger partial charge in [0, 0.05) is 41.9 Å². The number of aryl methyl sites for hydroxylation is 1. The number of carbonyl (C=O) groups excluding carboxylic acids is 1. The fourth-order valence-corrected chi connectivity index (χ4v) is 5.09. The highest BCUT2D eigenvalue weighted by molar-refractivity contribution is 5.94. The molecule has 8 heteroatoms. The lowest BCUT2D eigenvalue weighted by molar-refractivity contribution is 0.0713. The molecule has 0 atom stereocenters. The van der Waals surface area contributed by atoms with E-state index >= 15 is 0 Å². The van der Waals surface area contributed by atoms with Gasteiger partial charge in [-0.2, -0.15) is 5.10 Å². The van der Waals surface area contributed by atoms with Crippen molar-refractivity contribution in [2.24, 2.45) is 0 Å². The predicted octanol–water partition coefficient (Wildman–Crippen LogP) is 2.95. The lowest BCUT2D eigenvalue weighted by Gasteiger charge is -2.31. The molecule has 0 saturated carbocycles. The van der Waals surface area contributed by atoms with Crippen LogP contribution in [0.25, 0.3) is 16.9 Å². The summed E-state index contributed by atoms with van der Waals surface area (Å²) in [6.45, 7) is 1.42. The lowest BCUT2D eigenvalue weighted by atomic mass is 9.89. The van der Waals surface area contributed by atoms with Crippen molar-refractivity contribution < 1.29 is 4.79 Å². The highest BCUT2D eigenvalue weighted by Gasteiger charge is 2.27. The molecule has 1 aliphatic heterocycles. The van der Waals surface area contributed by atoms with Crippen molar-refractivity contribution in [3.05, 3.63) is 75.6 Å². The van der Waals surface area contributed by atoms with Gasteiger partial charge in [-0.25, -0.2) is 9.67 Å². The number of likely N-dealkylation sites (tertiary alicyclic amines) is 1. The number of nitrogens with one attached hydrogen (secondary N) is 2. The zero-order chi connectivity index (χ0) is 21.7. The first kappa shape index (κ1) is 19.0. The van der Waals surface area contributed by atoms with Gasteiger partial charge in [-0.15, -0.1) is 0 Å². The Morgan fingerprint density at radius 1 is 1.12 bits per heavy atom. The van der Waals surface area contributed by atoms with Crippen molar-refractivity contribution >= 4 is 16.8 Å². The number of para-hydroxylation sites is 1. The monoisotopic (exact) mass is 428 g/mol. The number of hydrogen-bond donors (Lipinski definition) is 2. The number of aromatic amines is 2. The Bertz CT molecular complexity index is 1370. The maximum Gasteiger partial charge on any atom is 0.257 e. The molecule has 0 bridgehead atoms. The molecule has 1 aliphatic carbocycles. The molecule has 8 nitrogen and oxygen atoms in total. The molecule has 162 valence electrons. The molecule has 6 rings (SSSR count). The van der Waals surface area contributed by atoms with Gasteiger partial charge in [0.1, 0.15) is 0 Å². The second-order valence-electron chi connectivity index (χ2n) is 8.70. The zero-order valence-corrected chi connectivity index (χ0v) is 17.7. The van der Waals surface area contributed by atoms with E-state index in [1.807, 2.05) is 11.0 Å². The van der Waals surface area contributed by atoms with E-state index in [9.17, 15) is 9.59 Å². The van der Waals surface area contributed by atoms with Gasteiger partial charge in [0.05, 0.1) is 17.5 Å². The van der Waals surface area contributed by atoms with E-state index in [0.29, 0.717) is 30.5 Å². The molecule has 1 aromatic carbocycles. The maximum atomic E-state index is 13.1. The van der Waals surface area contributed by atoms with Crippen LogP contribution >= 0.6 is 0 Å². The van der Waals surface area contributed by atoms with E-state index < -0.39 is 0 Å². The van der Waals surface area contributed by atoms with Gasteiger partial charge < -0.3 is 9.88 Å². The first-order chi connectivity index (χ1) is 15.7. The van der Waals surface area contributed by atoms with E-state index in [1.165, 1.54) is 15.6 Å². The molecule has 2 aliphatic rings. The molecule has 2 N–H and O–H groups in total. The molecular weight excluding hydrogens is 404 g/mol. The fourth-order valence-electron chi connectivity index (χ4n) is 5.09. The number of H-pyrrole nitrogens is 2. The summed E-state index contributed by atoms with van der Waals surface area (Å²) >= 11 is 0. The number of aromatic nitrogens is 5. The van der Waals surface area contributed by atoms with Crippen molar-refractivity contribution in [2.75, 3.05) is 13.1 Å². The number of piperidine rings is 1. The largest absolute Gasteiger partial charge is 0.361 e. The van der Waals surface area contributed by atoms with Gasteiger partial charge >= 0.3 is 0 Å². The molecule has 1 saturated heterocycles. The van der Waals surface area contributed by atoms with E-state index in [0.717, 1.165) is 48.9 Å². The summed E-state index contributed by atoms with van der Waals surface area (Å²) in [5.41, 5.74) is 4.52. The molecule has 4 heterocycles. The summed E-state index contributed by atoms with van der Waals surface area (Å²) in [6.07, 6.45) is 9.73. The summed E-state index contributed by atoms with van der Waals surface area (Å²) in [7, 11) is 0. The van der Waals surface area contributed by atoms with Gasteiger partial charge in [-0.1, -0.05) is 18.2 Å². The highest BCUT2D eigenvalue weighted by atomic mass is 16.2. The van der Waals surface area contributed by atoms with Crippen LogP contribution in [-0.2, 0) is 12.8 Å². The standard InChI is InChI=1S/C24H24N6O2/c31-22-18-5-3-7-21(18)27-24(28-22)30-14-16(12-26-30)23(32)29-10-8-15(9-11-29)19-13-25-20-6-2-1-4-17(19)20/h1-2,4,6,12-15,25H,3,5,7-11H2,(H,27,28,31). The number of amides is 1. The Morgan fingerprint density at radius 3 is 2.84 bits per heavy atom. The number of carbonyl (C=O) groups is 1. The lowest BCUT2D eigenvalue weighted by Crippen LogP contribution is -2.37. The van der Waals surface area contributed by atoms with E-state index in [2.05, 4.69) is 44.4 Å². The Balaban J connectivity index is 1.17. The summed E-state index contributed by atoms with van der Waals surface area (Å²) < 4.78 is 1.49. The Kier molecular flexibility index (Phi) is 4.45. The van der Waals surface area contributed by atoms with Crippen LogP contribution in [-0.4, -0.2) is 48.6 Å². The second kappa shape index (κ2) is 7.47. The van der Waals surface area contributed by atoms with E-state index in [-0.39, 0.29) is 11.5 Å². The number of nitrogens with zero attached hydrogens (tertiary/aromatic N) is 4. The van der Waals surface area contributed by atoms with Crippen molar-refractivity contribution in [3.8, 4) is 5.95 Å². The minimum Gasteiger partial charge on any atom is -0.361 e. The average molecular weight is 428 g/mol. The number of hydrogen-bond acceptors (Lipinski definition) is 4. The molecule has 32 heavy (non-hydrogen) atoms. The number of fused-ring (bicyclic) bond motifs is 2. The third-order valence-electron chi connectivity index (χ3n) is 6.82. The molecule has 3 aromatic heterocycles. The summed E-state index contributed by atoms with van der Waals surface area (Å²) in [5, 5.41) is 5.56. The van der Waals surface area contributed by atoms with Crippen LogP contribution in [0, 0.1) is 0 Å². The van der Waals surface area contributed by atoms with Gasteiger partial charge in [0.25, 0.3) is 11.5 Å². The van der Waals surface area contributed by atoms with E-state index in [1.54, 1.807) is 12.4 Å². The van der Waals surface area contributed by atoms with Gasteiger partial charge in [-0.3, -0.25) is 14.6 Å². The van der Waals surface area contributed by atoms with Crippen LogP contribution in [0.4, 0.5) is 0 Å². The predicted molar refractivity (Wildman–Crippen MR) is 120 cm³/mol. The minimum atomic E-state index is -0.106. The van der Waals surface area contributed by atoms with Crippen LogP contribution in [0.1, 0.15) is 52.4 Å². The SMILES string of the molecule is O=C(c1cnn(-c2nc3c(c(=O)[nH]2)CCC3)c1)N1CCC(c2c[nH]c3ccccc23)CC1. The van der Waals surface area contributed by atoms with Crippen LogP contribution in [0.5, 0.6) is 0 Å². The van der Waals surface area contributed by atoms with Gasteiger partial charge in [0.2, 0.25) is 5.95 Å². The Labute approximate surface area is 184 Å². The van der Waals surface area contributed by atoms with Gasteiger partial charge in [-0.05, 0) is 49.7 Å². The molecular formula is C24H24N6O2. The molecule has 0 radical (unpaired) electrons. The average Bonchev–Trinajstić information content (AvgIpc) is 3.58. The normalized spacial score (nSPS) is 16.6. The van der Waals surface area contributed by atoms with Crippen molar-refractivity contribution in [3.63, 3.8) is 0 Å². The third kappa shape index (κ3) is 3.14. The third-order valence-corrected chi connectivity index (χ3v) is 6.82. The van der Waals surface area contributed by atoms with Crippen LogP contribution in [0.2, 0.25) is 0 Å². The van der Waals surface area contributed by atoms with Crippen molar-refractivity contribution in [1.82, 2.24) is 29.6 Å². The Morgan fingerprint density at radius 2 is 1.97 bits per heavy atom. The summed E-state index contributed by atoms with van der Waals surface area (Å²) in [6, 6.07) is 8.36. The van der Waals surface area contributed by atoms with Crippen molar-refractivity contribution in [1.29, 1.82) is 0 Å². The van der Waals surface area contributed by atoms with Crippen LogP contribution in [0.15, 0.2) is 47.7 Å². The van der Waals surface area contributed by atoms with Crippen LogP contribution < -0.4 is 5.56 Å². The number of benzene rings is 1. The topological polar surface area (TPSA) is 99.7 Å². The fraction of sp³-hybridized carbons (Fsp3) is 0.333. The zero-order valence-electron chi connectivity index (χ0n) is 17.7. The van der Waals surface area contributed by atoms with Crippen molar-refractivity contribution in [2.45, 2.75) is 38.0 Å². The summed E-state index contributed by atoms with van der Waals surface area (Å²) in [4.78, 5) is 38.0. The smallest absolute Gasteiger partial charge is 0.257 e. The molecule has 1 amide bonds. The first-order valence-electron chi connectivity index (χ1n) is 11.2. The van der Waals surface area contributed by atoms with Crippen LogP contribution in [0.3, 0.4) is 0 Å². The molecule has 0 spiro atoms. The molecule has 4 aromatic rings. The quantitative estimate of drug-likeness (QED) is 0.524. The highest BCUT2D eigenvalue weighted by Crippen LogP contribution is 2.33. The maximum absolute atomic E-state index is 13.1. The Hall–Kier alpha value is -3.68. The van der Waals surface area contributed by atoms with Gasteiger partial charge in [0.15, 0.2) is 0 Å². The van der Waals surface area contributed by atoms with E-state index in [4.69, 9.17) is 0 Å². The summed E-state index contributed by atoms with van der Waals surface area (Å²) in [5.74, 6) is 0.781. The first-order valence-corrected chi connectivity index (χ1v) is 11.2. The minimum absolute atomic E-state index is 0.0304. The molecule has 1 fully saturated rings.